The highest BCUT2D eigenvalue weighted by atomic mass is 19.1. The summed E-state index contributed by atoms with van der Waals surface area (Å²) in [6.45, 7) is 0. The number of carboxylic acid groups (broad SMARTS) is 1. The summed E-state index contributed by atoms with van der Waals surface area (Å²) in [6, 6.07) is 14.5. The van der Waals surface area contributed by atoms with E-state index in [0.29, 0.717) is 39.6 Å². The molecular formula is C25H18FN5O3. The molecule has 0 saturated carbocycles. The molecule has 1 amide bonds. The number of aromatic nitrogens is 3. The van der Waals surface area contributed by atoms with E-state index in [9.17, 15) is 14.0 Å². The first-order valence-corrected chi connectivity index (χ1v) is 10.1. The van der Waals surface area contributed by atoms with Gasteiger partial charge in [-0.1, -0.05) is 18.2 Å². The number of amides is 1. The summed E-state index contributed by atoms with van der Waals surface area (Å²) >= 11 is 0. The lowest BCUT2D eigenvalue weighted by molar-refractivity contribution is -0.131. The predicted molar refractivity (Wildman–Crippen MR) is 126 cm³/mol. The van der Waals surface area contributed by atoms with E-state index in [4.69, 9.17) is 5.11 Å². The molecule has 34 heavy (non-hydrogen) atoms. The number of rotatable bonds is 7. The smallest absolute Gasteiger partial charge is 0.328 e. The van der Waals surface area contributed by atoms with E-state index in [1.54, 1.807) is 48.5 Å². The Hall–Kier alpha value is -4.92. The average Bonchev–Trinajstić information content (AvgIpc) is 2.84. The van der Waals surface area contributed by atoms with E-state index in [-0.39, 0.29) is 11.7 Å². The van der Waals surface area contributed by atoms with Crippen LogP contribution < -0.4 is 10.6 Å². The van der Waals surface area contributed by atoms with E-state index in [1.165, 1.54) is 36.9 Å². The topological polar surface area (TPSA) is 117 Å². The minimum atomic E-state index is -1.05. The third-order valence-electron chi connectivity index (χ3n) is 4.66. The zero-order valence-electron chi connectivity index (χ0n) is 17.6. The van der Waals surface area contributed by atoms with Crippen molar-refractivity contribution in [3.63, 3.8) is 0 Å². The average molecular weight is 455 g/mol. The van der Waals surface area contributed by atoms with E-state index in [2.05, 4.69) is 25.6 Å². The van der Waals surface area contributed by atoms with Gasteiger partial charge in [0.05, 0.1) is 11.9 Å². The van der Waals surface area contributed by atoms with Crippen LogP contribution in [0.3, 0.4) is 0 Å². The predicted octanol–water partition coefficient (Wildman–Crippen LogP) is 4.77. The zero-order valence-corrected chi connectivity index (χ0v) is 17.6. The van der Waals surface area contributed by atoms with Gasteiger partial charge in [-0.25, -0.2) is 19.2 Å². The molecule has 0 saturated heterocycles. The van der Waals surface area contributed by atoms with Crippen LogP contribution in [0.1, 0.15) is 15.9 Å². The molecule has 0 bridgehead atoms. The number of hydrogen-bond donors (Lipinski definition) is 3. The maximum atomic E-state index is 14.1. The highest BCUT2D eigenvalue weighted by Gasteiger charge is 2.10. The maximum Gasteiger partial charge on any atom is 0.328 e. The van der Waals surface area contributed by atoms with Crippen LogP contribution in [0.25, 0.3) is 17.2 Å². The molecule has 0 fully saturated rings. The third-order valence-corrected chi connectivity index (χ3v) is 4.66. The van der Waals surface area contributed by atoms with Crippen molar-refractivity contribution in [3.05, 3.63) is 102 Å². The number of aliphatic carboxylic acids is 1. The number of benzene rings is 1. The third kappa shape index (κ3) is 5.65. The van der Waals surface area contributed by atoms with Crippen molar-refractivity contribution in [2.24, 2.45) is 0 Å². The molecule has 9 heteroatoms. The van der Waals surface area contributed by atoms with Gasteiger partial charge in [-0.05, 0) is 48.0 Å². The molecule has 0 radical (unpaired) electrons. The summed E-state index contributed by atoms with van der Waals surface area (Å²) in [5.41, 5.74) is 2.32. The van der Waals surface area contributed by atoms with Crippen molar-refractivity contribution in [1.82, 2.24) is 15.0 Å². The molecule has 8 nitrogen and oxygen atoms in total. The zero-order chi connectivity index (χ0) is 23.9. The molecule has 0 aliphatic rings. The van der Waals surface area contributed by atoms with Gasteiger partial charge in [0.2, 0.25) is 0 Å². The largest absolute Gasteiger partial charge is 0.478 e. The van der Waals surface area contributed by atoms with Crippen LogP contribution >= 0.6 is 0 Å². The fourth-order valence-corrected chi connectivity index (χ4v) is 3.07. The minimum absolute atomic E-state index is 0.342. The van der Waals surface area contributed by atoms with E-state index < -0.39 is 5.97 Å². The molecule has 3 aromatic heterocycles. The Morgan fingerprint density at radius 3 is 2.56 bits per heavy atom. The molecule has 4 rings (SSSR count). The lowest BCUT2D eigenvalue weighted by Gasteiger charge is -2.09. The molecule has 168 valence electrons. The van der Waals surface area contributed by atoms with Crippen LogP contribution in [0.4, 0.5) is 21.7 Å². The van der Waals surface area contributed by atoms with Gasteiger partial charge < -0.3 is 15.7 Å². The van der Waals surface area contributed by atoms with Gasteiger partial charge in [-0.2, -0.15) is 0 Å². The molecule has 0 aliphatic heterocycles. The van der Waals surface area contributed by atoms with Crippen molar-refractivity contribution in [3.8, 4) is 11.1 Å². The molecule has 0 atom stereocenters. The Bertz CT molecular complexity index is 1370. The molecule has 1 aromatic carbocycles. The number of halogens is 1. The fraction of sp³-hybridized carbons (Fsp3) is 0. The Kier molecular flexibility index (Phi) is 6.64. The van der Waals surface area contributed by atoms with Crippen molar-refractivity contribution >= 4 is 35.3 Å². The van der Waals surface area contributed by atoms with Gasteiger partial charge in [0, 0.05) is 41.4 Å². The van der Waals surface area contributed by atoms with Crippen LogP contribution in [0.2, 0.25) is 0 Å². The van der Waals surface area contributed by atoms with Crippen molar-refractivity contribution in [1.29, 1.82) is 0 Å². The quantitative estimate of drug-likeness (QED) is 0.344. The second kappa shape index (κ2) is 10.1. The first-order chi connectivity index (χ1) is 16.5. The molecule has 3 N–H and O–H groups in total. The summed E-state index contributed by atoms with van der Waals surface area (Å²) in [6.07, 6.45) is 8.45. The van der Waals surface area contributed by atoms with Gasteiger partial charge in [-0.3, -0.25) is 9.78 Å². The second-order valence-electron chi connectivity index (χ2n) is 7.10. The second-order valence-corrected chi connectivity index (χ2v) is 7.10. The van der Waals surface area contributed by atoms with Crippen LogP contribution in [-0.2, 0) is 4.79 Å². The summed E-state index contributed by atoms with van der Waals surface area (Å²) in [4.78, 5) is 35.9. The van der Waals surface area contributed by atoms with Gasteiger partial charge >= 0.3 is 5.97 Å². The highest BCUT2D eigenvalue weighted by molar-refractivity contribution is 6.04. The van der Waals surface area contributed by atoms with Crippen LogP contribution in [-0.4, -0.2) is 31.9 Å². The van der Waals surface area contributed by atoms with E-state index >= 15 is 0 Å². The molecule has 0 aliphatic carbocycles. The van der Waals surface area contributed by atoms with Gasteiger partial charge in [0.15, 0.2) is 0 Å². The normalized spacial score (nSPS) is 10.7. The van der Waals surface area contributed by atoms with Crippen LogP contribution in [0.5, 0.6) is 0 Å². The number of hydrogen-bond acceptors (Lipinski definition) is 6. The minimum Gasteiger partial charge on any atom is -0.478 e. The molecule has 3 heterocycles. The standard InChI is InChI=1S/C25H18FN5O3/c26-21-4-2-1-3-20(21)18-11-19(15-27-14-18)30-25(34)17-9-10-28-23(12-17)31-22-7-5-16(13-29-22)6-8-24(32)33/h1-15H,(H,30,34)(H,32,33)(H,28,29,31)/b8-6+. The van der Waals surface area contributed by atoms with Crippen LogP contribution in [0.15, 0.2) is 85.5 Å². The number of nitrogens with one attached hydrogen (secondary N) is 2. The number of anilines is 3. The SMILES string of the molecule is O=C(O)/C=C/c1ccc(Nc2cc(C(=O)Nc3cncc(-c4ccccc4F)c3)ccn2)nc1. The van der Waals surface area contributed by atoms with E-state index in [0.717, 1.165) is 6.08 Å². The number of carbonyl (C=O) groups excluding carboxylic acids is 1. The Balaban J connectivity index is 1.46. The van der Waals surface area contributed by atoms with E-state index in [1.807, 2.05) is 0 Å². The Morgan fingerprint density at radius 1 is 0.941 bits per heavy atom. The summed E-state index contributed by atoms with van der Waals surface area (Å²) < 4.78 is 14.1. The van der Waals surface area contributed by atoms with Crippen molar-refractivity contribution in [2.45, 2.75) is 0 Å². The highest BCUT2D eigenvalue weighted by Crippen LogP contribution is 2.24. The number of carboxylic acids is 1. The molecule has 0 unspecified atom stereocenters. The first kappa shape index (κ1) is 22.3. The fourth-order valence-electron chi connectivity index (χ4n) is 3.07. The first-order valence-electron chi connectivity index (χ1n) is 10.1. The Labute approximate surface area is 193 Å². The summed E-state index contributed by atoms with van der Waals surface area (Å²) in [7, 11) is 0. The monoisotopic (exact) mass is 455 g/mol. The van der Waals surface area contributed by atoms with Crippen molar-refractivity contribution < 1.29 is 19.1 Å². The maximum absolute atomic E-state index is 14.1. The molecular weight excluding hydrogens is 437 g/mol. The van der Waals surface area contributed by atoms with Gasteiger partial charge in [-0.15, -0.1) is 0 Å². The van der Waals surface area contributed by atoms with Crippen LogP contribution in [0, 0.1) is 5.82 Å². The number of nitrogens with zero attached hydrogens (tertiary/aromatic N) is 3. The van der Waals surface area contributed by atoms with Gasteiger partial charge in [0.1, 0.15) is 17.5 Å². The lowest BCUT2D eigenvalue weighted by Crippen LogP contribution is -2.12. The number of carbonyl (C=O) groups is 2. The Morgan fingerprint density at radius 2 is 1.79 bits per heavy atom. The summed E-state index contributed by atoms with van der Waals surface area (Å²) in [5, 5.41) is 14.4. The van der Waals surface area contributed by atoms with Crippen molar-refractivity contribution in [2.75, 3.05) is 10.6 Å². The van der Waals surface area contributed by atoms with Gasteiger partial charge in [0.25, 0.3) is 5.91 Å². The lowest BCUT2D eigenvalue weighted by atomic mass is 10.1. The summed E-state index contributed by atoms with van der Waals surface area (Å²) in [5.74, 6) is -0.944. The number of pyridine rings is 3. The molecule has 4 aromatic rings. The molecule has 0 spiro atoms.